The molecule has 112 valence electrons. The minimum atomic E-state index is -0.356. The summed E-state index contributed by atoms with van der Waals surface area (Å²) in [6.45, 7) is 4.69. The van der Waals surface area contributed by atoms with Gasteiger partial charge in [-0.1, -0.05) is 30.7 Å². The maximum atomic E-state index is 13.5. The number of likely N-dealkylation sites (N-methyl/N-ethyl adjacent to an activating group) is 1. The number of rotatable bonds is 5. The van der Waals surface area contributed by atoms with E-state index < -0.39 is 0 Å². The first-order valence-electron chi connectivity index (χ1n) is 6.94. The van der Waals surface area contributed by atoms with Crippen LogP contribution in [0.25, 0.3) is 0 Å². The largest absolute Gasteiger partial charge is 0.310 e. The number of aryl methyl sites for hydroxylation is 1. The molecule has 0 aliphatic heterocycles. The maximum absolute atomic E-state index is 13.5. The van der Waals surface area contributed by atoms with Crippen molar-refractivity contribution in [2.75, 3.05) is 6.54 Å². The average Bonchev–Trinajstić information content (AvgIpc) is 2.44. The highest BCUT2D eigenvalue weighted by molar-refractivity contribution is 6.31. The summed E-state index contributed by atoms with van der Waals surface area (Å²) >= 11 is 6.09. The maximum Gasteiger partial charge on any atom is 0.124 e. The fourth-order valence-corrected chi connectivity index (χ4v) is 2.68. The molecule has 2 aromatic rings. The summed E-state index contributed by atoms with van der Waals surface area (Å²) < 4.78 is 26.6. The van der Waals surface area contributed by atoms with E-state index >= 15 is 0 Å². The minimum absolute atomic E-state index is 0.0614. The topological polar surface area (TPSA) is 12.0 Å². The zero-order chi connectivity index (χ0) is 15.4. The normalized spacial score (nSPS) is 12.4. The second-order valence-electron chi connectivity index (χ2n) is 5.05. The molecule has 1 atom stereocenters. The van der Waals surface area contributed by atoms with Gasteiger partial charge >= 0.3 is 0 Å². The molecule has 0 saturated heterocycles. The van der Waals surface area contributed by atoms with Crippen molar-refractivity contribution in [3.05, 3.63) is 69.7 Å². The molecule has 0 aromatic heterocycles. The standard InChI is InChI=1S/C17H18ClF2N/c1-3-21-17(15-9-13(19)6-4-11(15)2)8-12-5-7-14(20)10-16(12)18/h4-7,9-10,17,21H,3,8H2,1-2H3. The molecule has 0 fully saturated rings. The first kappa shape index (κ1) is 15.9. The van der Waals surface area contributed by atoms with E-state index in [0.29, 0.717) is 11.4 Å². The van der Waals surface area contributed by atoms with E-state index in [-0.39, 0.29) is 17.7 Å². The second-order valence-corrected chi connectivity index (χ2v) is 5.46. The number of benzene rings is 2. The molecule has 0 aliphatic rings. The molecule has 2 rings (SSSR count). The lowest BCUT2D eigenvalue weighted by molar-refractivity contribution is 0.539. The lowest BCUT2D eigenvalue weighted by Gasteiger charge is -2.21. The Balaban J connectivity index is 2.32. The quantitative estimate of drug-likeness (QED) is 0.835. The van der Waals surface area contributed by atoms with E-state index in [1.807, 2.05) is 13.8 Å². The SMILES string of the molecule is CCNC(Cc1ccc(F)cc1Cl)c1cc(F)ccc1C. The molecule has 1 N–H and O–H groups in total. The summed E-state index contributed by atoms with van der Waals surface area (Å²) in [7, 11) is 0. The van der Waals surface area contributed by atoms with Crippen LogP contribution in [0.15, 0.2) is 36.4 Å². The Hall–Kier alpha value is -1.45. The number of nitrogens with one attached hydrogen (secondary N) is 1. The molecule has 1 unspecified atom stereocenters. The molecule has 21 heavy (non-hydrogen) atoms. The van der Waals surface area contributed by atoms with Crippen LogP contribution in [0.2, 0.25) is 5.02 Å². The Morgan fingerprint density at radius 2 is 1.76 bits per heavy atom. The van der Waals surface area contributed by atoms with Crippen molar-refractivity contribution in [3.8, 4) is 0 Å². The molecule has 2 aromatic carbocycles. The van der Waals surface area contributed by atoms with Crippen LogP contribution in [-0.2, 0) is 6.42 Å². The van der Waals surface area contributed by atoms with Crippen molar-refractivity contribution < 1.29 is 8.78 Å². The molecular formula is C17H18ClF2N. The minimum Gasteiger partial charge on any atom is -0.310 e. The molecule has 0 bridgehead atoms. The van der Waals surface area contributed by atoms with Crippen LogP contribution in [0, 0.1) is 18.6 Å². The Labute approximate surface area is 128 Å². The third-order valence-corrected chi connectivity index (χ3v) is 3.86. The number of hydrogen-bond donors (Lipinski definition) is 1. The van der Waals surface area contributed by atoms with Gasteiger partial charge in [0.25, 0.3) is 0 Å². The van der Waals surface area contributed by atoms with Gasteiger partial charge in [0.1, 0.15) is 11.6 Å². The smallest absolute Gasteiger partial charge is 0.124 e. The lowest BCUT2D eigenvalue weighted by Crippen LogP contribution is -2.24. The predicted molar refractivity (Wildman–Crippen MR) is 82.7 cm³/mol. The van der Waals surface area contributed by atoms with Gasteiger partial charge in [-0.15, -0.1) is 0 Å². The molecular weight excluding hydrogens is 292 g/mol. The van der Waals surface area contributed by atoms with Crippen molar-refractivity contribution in [1.29, 1.82) is 0 Å². The van der Waals surface area contributed by atoms with Gasteiger partial charge < -0.3 is 5.32 Å². The van der Waals surface area contributed by atoms with Crippen LogP contribution in [0.1, 0.15) is 29.7 Å². The first-order valence-corrected chi connectivity index (χ1v) is 7.32. The average molecular weight is 310 g/mol. The van der Waals surface area contributed by atoms with Gasteiger partial charge in [0.2, 0.25) is 0 Å². The van der Waals surface area contributed by atoms with Crippen molar-refractivity contribution in [1.82, 2.24) is 5.32 Å². The van der Waals surface area contributed by atoms with Crippen LogP contribution < -0.4 is 5.32 Å². The van der Waals surface area contributed by atoms with Crippen LogP contribution in [-0.4, -0.2) is 6.54 Å². The Kier molecular flexibility index (Phi) is 5.32. The van der Waals surface area contributed by atoms with E-state index in [9.17, 15) is 8.78 Å². The van der Waals surface area contributed by atoms with Crippen LogP contribution in [0.4, 0.5) is 8.78 Å². The zero-order valence-corrected chi connectivity index (χ0v) is 12.8. The molecule has 0 heterocycles. The molecule has 0 saturated carbocycles. The Bertz CT molecular complexity index is 628. The summed E-state index contributed by atoms with van der Waals surface area (Å²) in [5.41, 5.74) is 2.76. The summed E-state index contributed by atoms with van der Waals surface area (Å²) in [4.78, 5) is 0. The van der Waals surface area contributed by atoms with Gasteiger partial charge in [-0.2, -0.15) is 0 Å². The fourth-order valence-electron chi connectivity index (χ4n) is 2.43. The molecule has 4 heteroatoms. The summed E-state index contributed by atoms with van der Waals surface area (Å²) in [6.07, 6.45) is 0.581. The third kappa shape index (κ3) is 4.02. The first-order chi connectivity index (χ1) is 10.0. The van der Waals surface area contributed by atoms with E-state index in [1.54, 1.807) is 18.2 Å². The molecule has 0 aliphatic carbocycles. The van der Waals surface area contributed by atoms with Crippen molar-refractivity contribution >= 4 is 11.6 Å². The van der Waals surface area contributed by atoms with Gasteiger partial charge in [0.15, 0.2) is 0 Å². The summed E-state index contributed by atoms with van der Waals surface area (Å²) in [6, 6.07) is 9.07. The highest BCUT2D eigenvalue weighted by atomic mass is 35.5. The number of hydrogen-bond acceptors (Lipinski definition) is 1. The molecule has 0 radical (unpaired) electrons. The Morgan fingerprint density at radius 1 is 1.10 bits per heavy atom. The zero-order valence-electron chi connectivity index (χ0n) is 12.1. The van der Waals surface area contributed by atoms with Gasteiger partial charge in [0.05, 0.1) is 0 Å². The van der Waals surface area contributed by atoms with Gasteiger partial charge in [0, 0.05) is 11.1 Å². The van der Waals surface area contributed by atoms with Crippen LogP contribution in [0.5, 0.6) is 0 Å². The van der Waals surface area contributed by atoms with Crippen LogP contribution in [0.3, 0.4) is 0 Å². The molecule has 0 spiro atoms. The third-order valence-electron chi connectivity index (χ3n) is 3.51. The second kappa shape index (κ2) is 7.01. The summed E-state index contributed by atoms with van der Waals surface area (Å²) in [5, 5.41) is 3.73. The molecule has 0 amide bonds. The molecule has 1 nitrogen and oxygen atoms in total. The van der Waals surface area contributed by atoms with Crippen LogP contribution >= 0.6 is 11.6 Å². The highest BCUT2D eigenvalue weighted by Gasteiger charge is 2.16. The summed E-state index contributed by atoms with van der Waals surface area (Å²) in [5.74, 6) is -0.616. The van der Waals surface area contributed by atoms with Crippen molar-refractivity contribution in [2.45, 2.75) is 26.3 Å². The van der Waals surface area contributed by atoms with Gasteiger partial charge in [-0.25, -0.2) is 8.78 Å². The highest BCUT2D eigenvalue weighted by Crippen LogP contribution is 2.26. The van der Waals surface area contributed by atoms with E-state index in [4.69, 9.17) is 11.6 Å². The fraction of sp³-hybridized carbons (Fsp3) is 0.294. The lowest BCUT2D eigenvalue weighted by atomic mass is 9.95. The van der Waals surface area contributed by atoms with Gasteiger partial charge in [-0.05, 0) is 60.8 Å². The van der Waals surface area contributed by atoms with E-state index in [2.05, 4.69) is 5.32 Å². The van der Waals surface area contributed by atoms with Gasteiger partial charge in [-0.3, -0.25) is 0 Å². The van der Waals surface area contributed by atoms with E-state index in [1.165, 1.54) is 18.2 Å². The monoisotopic (exact) mass is 309 g/mol. The number of halogens is 3. The van der Waals surface area contributed by atoms with E-state index in [0.717, 1.165) is 23.2 Å². The Morgan fingerprint density at radius 3 is 2.43 bits per heavy atom. The van der Waals surface area contributed by atoms with Crippen molar-refractivity contribution in [3.63, 3.8) is 0 Å². The predicted octanol–water partition coefficient (Wildman–Crippen LogP) is 4.82. The van der Waals surface area contributed by atoms with Crippen molar-refractivity contribution in [2.24, 2.45) is 0 Å².